The van der Waals surface area contributed by atoms with Crippen LogP contribution in [0.2, 0.25) is 0 Å². The Bertz CT molecular complexity index is 928. The predicted octanol–water partition coefficient (Wildman–Crippen LogP) is 0.530. The van der Waals surface area contributed by atoms with Crippen LogP contribution in [-0.4, -0.2) is 0 Å². The van der Waals surface area contributed by atoms with E-state index in [2.05, 4.69) is 85.5 Å². The van der Waals surface area contributed by atoms with Crippen molar-refractivity contribution in [3.63, 3.8) is 0 Å². The molecule has 0 bridgehead atoms. The summed E-state index contributed by atoms with van der Waals surface area (Å²) in [5.41, 5.74) is 8.06. The Morgan fingerprint density at radius 1 is 0.926 bits per heavy atom. The molecule has 0 unspecified atom stereocenters. The van der Waals surface area contributed by atoms with Crippen LogP contribution in [0.4, 0.5) is 0 Å². The Balaban J connectivity index is 0.000000247. The SMILES string of the molecule is Brc1c[c-]c2c(c1)Cc1ccccc1-2.[Cl-].[Cl-].[S]=[Zr+2].[c-]1cccc2c1C=CC2. The summed E-state index contributed by atoms with van der Waals surface area (Å²) in [6, 6.07) is 25.3. The molecule has 0 aliphatic heterocycles. The van der Waals surface area contributed by atoms with Gasteiger partial charge in [0.2, 0.25) is 0 Å². The van der Waals surface area contributed by atoms with Gasteiger partial charge in [-0.3, -0.25) is 0 Å². The van der Waals surface area contributed by atoms with Gasteiger partial charge in [-0.05, 0) is 6.42 Å². The molecule has 0 atom stereocenters. The van der Waals surface area contributed by atoms with Gasteiger partial charge in [-0.15, -0.1) is 92.8 Å². The predicted molar refractivity (Wildman–Crippen MR) is 107 cm³/mol. The fourth-order valence-corrected chi connectivity index (χ4v) is 3.54. The van der Waals surface area contributed by atoms with Gasteiger partial charge in [0.25, 0.3) is 0 Å². The summed E-state index contributed by atoms with van der Waals surface area (Å²) in [6.45, 7) is 0. The molecule has 27 heavy (non-hydrogen) atoms. The number of fused-ring (bicyclic) bond motifs is 4. The molecule has 2 aliphatic rings. The van der Waals surface area contributed by atoms with E-state index in [1.165, 1.54) is 33.4 Å². The van der Waals surface area contributed by atoms with E-state index in [0.717, 1.165) is 40.0 Å². The summed E-state index contributed by atoms with van der Waals surface area (Å²) < 4.78 is 1.11. The molecule has 3 aromatic rings. The summed E-state index contributed by atoms with van der Waals surface area (Å²) >= 11 is 4.61. The normalized spacial score (nSPS) is 11.2. The third-order valence-electron chi connectivity index (χ3n) is 4.26. The van der Waals surface area contributed by atoms with E-state index in [-0.39, 0.29) is 24.8 Å². The molecule has 0 heterocycles. The standard InChI is InChI=1S/C13H8Br.C9H7.2ClH.S.Zr/c14-11-5-6-13-10(8-11)7-9-3-1-2-4-12(9)13;1-2-5-9-7-3-6-8(9)4-1;;;;/h1-5,8H,7H2;1-4,7H,6H2;2*1H;;/q2*-1;;;;+2/p-2. The van der Waals surface area contributed by atoms with E-state index < -0.39 is 0 Å². The first-order chi connectivity index (χ1) is 12.3. The second-order valence-corrected chi connectivity index (χ2v) is 6.68. The van der Waals surface area contributed by atoms with Crippen molar-refractivity contribution in [2.45, 2.75) is 12.8 Å². The van der Waals surface area contributed by atoms with Crippen LogP contribution in [-0.2, 0) is 35.5 Å². The Labute approximate surface area is 200 Å². The van der Waals surface area contributed by atoms with Crippen LogP contribution in [0.5, 0.6) is 0 Å². The molecular weight excluding hydrogens is 538 g/mol. The van der Waals surface area contributed by atoms with Gasteiger partial charge in [0, 0.05) is 0 Å². The zero-order valence-electron chi connectivity index (χ0n) is 14.3. The molecule has 0 N–H and O–H groups in total. The second-order valence-electron chi connectivity index (χ2n) is 5.77. The minimum absolute atomic E-state index is 0. The quantitative estimate of drug-likeness (QED) is 0.287. The van der Waals surface area contributed by atoms with Crippen molar-refractivity contribution in [2.24, 2.45) is 0 Å². The molecule has 0 saturated heterocycles. The summed E-state index contributed by atoms with van der Waals surface area (Å²) in [5, 5.41) is 0. The Hall–Kier alpha value is -0.437. The molecule has 5 heteroatoms. The van der Waals surface area contributed by atoms with E-state index in [9.17, 15) is 0 Å². The molecule has 0 aromatic heterocycles. The largest absolute Gasteiger partial charge is 0.147 e. The smallest absolute Gasteiger partial charge is 0.0528 e. The summed E-state index contributed by atoms with van der Waals surface area (Å²) in [7, 11) is 4.17. The van der Waals surface area contributed by atoms with Crippen molar-refractivity contribution >= 4 is 30.9 Å². The number of rotatable bonds is 0. The molecule has 0 fully saturated rings. The molecule has 0 saturated carbocycles. The molecule has 136 valence electrons. The maximum absolute atomic E-state index is 4.17. The van der Waals surface area contributed by atoms with Gasteiger partial charge in [-0.25, -0.2) is 0 Å². The molecule has 0 amide bonds. The van der Waals surface area contributed by atoms with Gasteiger partial charge in [0.05, 0.1) is 0 Å². The van der Waals surface area contributed by atoms with Crippen LogP contribution < -0.4 is 24.8 Å². The van der Waals surface area contributed by atoms with E-state index in [4.69, 9.17) is 0 Å². The number of benzene rings is 3. The molecule has 2 aliphatic carbocycles. The van der Waals surface area contributed by atoms with Crippen molar-refractivity contribution in [1.82, 2.24) is 0 Å². The Morgan fingerprint density at radius 2 is 1.67 bits per heavy atom. The third-order valence-corrected chi connectivity index (χ3v) is 4.71. The number of allylic oxidation sites excluding steroid dienone is 1. The van der Waals surface area contributed by atoms with Crippen molar-refractivity contribution in [3.05, 3.63) is 99.5 Å². The zero-order chi connectivity index (χ0) is 17.6. The Morgan fingerprint density at radius 3 is 2.44 bits per heavy atom. The van der Waals surface area contributed by atoms with Crippen LogP contribution in [0.3, 0.4) is 0 Å². The van der Waals surface area contributed by atoms with E-state index >= 15 is 0 Å². The molecular formula is C22H15BrCl2SZr-2. The van der Waals surface area contributed by atoms with E-state index in [0.29, 0.717) is 0 Å². The van der Waals surface area contributed by atoms with Crippen molar-refractivity contribution in [2.75, 3.05) is 0 Å². The molecule has 5 rings (SSSR count). The van der Waals surface area contributed by atoms with Gasteiger partial charge in [0.1, 0.15) is 0 Å². The van der Waals surface area contributed by atoms with Gasteiger partial charge in [-0.2, -0.15) is 0 Å². The fourth-order valence-electron chi connectivity index (χ4n) is 3.15. The first kappa shape index (κ1) is 24.6. The van der Waals surface area contributed by atoms with Crippen LogP contribution in [0.15, 0.2) is 65.1 Å². The zero-order valence-corrected chi connectivity index (χ0v) is 20.7. The number of hydrogen-bond donors (Lipinski definition) is 0. The van der Waals surface area contributed by atoms with Gasteiger partial charge < -0.3 is 24.8 Å². The van der Waals surface area contributed by atoms with Crippen LogP contribution >= 0.6 is 24.8 Å². The average molecular weight is 553 g/mol. The number of hydrogen-bond acceptors (Lipinski definition) is 1. The topological polar surface area (TPSA) is 0 Å². The number of halogens is 3. The monoisotopic (exact) mass is 550 g/mol. The van der Waals surface area contributed by atoms with Crippen molar-refractivity contribution in [1.29, 1.82) is 0 Å². The van der Waals surface area contributed by atoms with Crippen LogP contribution in [0, 0.1) is 12.1 Å². The van der Waals surface area contributed by atoms with Gasteiger partial charge >= 0.3 is 31.5 Å². The van der Waals surface area contributed by atoms with E-state index in [1.54, 1.807) is 0 Å². The third kappa shape index (κ3) is 6.02. The molecule has 0 spiro atoms. The molecule has 0 radical (unpaired) electrons. The molecule has 0 nitrogen and oxygen atoms in total. The van der Waals surface area contributed by atoms with Crippen molar-refractivity contribution < 1.29 is 47.5 Å². The fraction of sp³-hybridized carbons (Fsp3) is 0.0909. The van der Waals surface area contributed by atoms with Crippen LogP contribution in [0.25, 0.3) is 17.2 Å². The summed E-state index contributed by atoms with van der Waals surface area (Å²) in [4.78, 5) is 0. The minimum atomic E-state index is 0. The summed E-state index contributed by atoms with van der Waals surface area (Å²) in [5.74, 6) is 0. The van der Waals surface area contributed by atoms with Gasteiger partial charge in [0.15, 0.2) is 0 Å². The minimum Gasteiger partial charge on any atom is -0.147 e. The van der Waals surface area contributed by atoms with Crippen molar-refractivity contribution in [3.8, 4) is 11.1 Å². The maximum atomic E-state index is 4.17. The van der Waals surface area contributed by atoms with Crippen LogP contribution in [0.1, 0.15) is 22.3 Å². The summed E-state index contributed by atoms with van der Waals surface area (Å²) in [6.07, 6.45) is 6.42. The Kier molecular flexibility index (Phi) is 11.1. The first-order valence-electron chi connectivity index (χ1n) is 7.96. The molecule has 3 aromatic carbocycles. The second kappa shape index (κ2) is 12.2. The van der Waals surface area contributed by atoms with E-state index in [1.807, 2.05) is 18.2 Å². The maximum Gasteiger partial charge on any atom is -0.0528 e. The van der Waals surface area contributed by atoms with Gasteiger partial charge in [-0.1, -0.05) is 46.3 Å². The first-order valence-corrected chi connectivity index (χ1v) is 12.2. The average Bonchev–Trinajstić information content (AvgIpc) is 3.27.